The Labute approximate surface area is 86.3 Å². The van der Waals surface area contributed by atoms with Crippen molar-refractivity contribution in [3.05, 3.63) is 0 Å². The Hall–Kier alpha value is -0.120. The first-order chi connectivity index (χ1) is 6.81. The van der Waals surface area contributed by atoms with Gasteiger partial charge in [-0.25, -0.2) is 0 Å². The molecule has 1 saturated heterocycles. The van der Waals surface area contributed by atoms with Crippen molar-refractivity contribution >= 4 is 0 Å². The van der Waals surface area contributed by atoms with Crippen LogP contribution in [0.25, 0.3) is 0 Å². The molecule has 3 heteroatoms. The van der Waals surface area contributed by atoms with Crippen molar-refractivity contribution in [1.82, 2.24) is 4.90 Å². The molecular formula is C11H22N2O. The monoisotopic (exact) mass is 198 g/mol. The van der Waals surface area contributed by atoms with Gasteiger partial charge in [0.1, 0.15) is 0 Å². The predicted molar refractivity (Wildman–Crippen MR) is 57.0 cm³/mol. The summed E-state index contributed by atoms with van der Waals surface area (Å²) in [6, 6.07) is 0.755. The van der Waals surface area contributed by atoms with Crippen molar-refractivity contribution in [2.24, 2.45) is 11.7 Å². The Morgan fingerprint density at radius 2 is 2.07 bits per heavy atom. The second-order valence-corrected chi connectivity index (χ2v) is 4.79. The molecule has 3 nitrogen and oxygen atoms in total. The fraction of sp³-hybridized carbons (Fsp3) is 1.00. The van der Waals surface area contributed by atoms with Crippen LogP contribution in [0.4, 0.5) is 0 Å². The van der Waals surface area contributed by atoms with Gasteiger partial charge in [0.25, 0.3) is 0 Å². The molecule has 0 amide bonds. The van der Waals surface area contributed by atoms with Crippen LogP contribution in [0.1, 0.15) is 32.1 Å². The first-order valence-electron chi connectivity index (χ1n) is 5.93. The summed E-state index contributed by atoms with van der Waals surface area (Å²) in [6.45, 7) is 2.35. The normalized spacial score (nSPS) is 35.6. The second-order valence-electron chi connectivity index (χ2n) is 4.79. The molecule has 14 heavy (non-hydrogen) atoms. The molecule has 1 aliphatic heterocycles. The minimum absolute atomic E-state index is 0.325. The standard InChI is InChI=1S/C11H22N2O/c12-7-10(14)8-13-6-2-4-9-3-1-5-11(9)13/h9-11,14H,1-8,12H2. The van der Waals surface area contributed by atoms with Crippen LogP contribution in [0.3, 0.4) is 0 Å². The first-order valence-corrected chi connectivity index (χ1v) is 5.93. The van der Waals surface area contributed by atoms with Crippen molar-refractivity contribution in [1.29, 1.82) is 0 Å². The van der Waals surface area contributed by atoms with E-state index in [1.165, 1.54) is 32.1 Å². The Bertz CT molecular complexity index is 186. The number of hydrogen-bond donors (Lipinski definition) is 2. The van der Waals surface area contributed by atoms with Gasteiger partial charge in [-0.1, -0.05) is 6.42 Å². The van der Waals surface area contributed by atoms with E-state index >= 15 is 0 Å². The van der Waals surface area contributed by atoms with E-state index < -0.39 is 0 Å². The molecule has 2 rings (SSSR count). The van der Waals surface area contributed by atoms with Crippen molar-refractivity contribution in [3.8, 4) is 0 Å². The number of rotatable bonds is 3. The zero-order chi connectivity index (χ0) is 9.97. The molecule has 3 unspecified atom stereocenters. The molecule has 1 heterocycles. The highest BCUT2D eigenvalue weighted by molar-refractivity contribution is 4.89. The van der Waals surface area contributed by atoms with Gasteiger partial charge in [-0.3, -0.25) is 4.90 Å². The van der Waals surface area contributed by atoms with E-state index in [4.69, 9.17) is 5.73 Å². The van der Waals surface area contributed by atoms with Gasteiger partial charge < -0.3 is 10.8 Å². The molecule has 2 fully saturated rings. The Balaban J connectivity index is 1.90. The lowest BCUT2D eigenvalue weighted by Crippen LogP contribution is -2.47. The number of hydrogen-bond acceptors (Lipinski definition) is 3. The van der Waals surface area contributed by atoms with Gasteiger partial charge in [0.2, 0.25) is 0 Å². The van der Waals surface area contributed by atoms with Gasteiger partial charge in [-0.2, -0.15) is 0 Å². The molecule has 0 aromatic rings. The lowest BCUT2D eigenvalue weighted by atomic mass is 9.92. The Morgan fingerprint density at radius 1 is 1.29 bits per heavy atom. The maximum atomic E-state index is 9.56. The van der Waals surface area contributed by atoms with E-state index in [2.05, 4.69) is 4.90 Å². The van der Waals surface area contributed by atoms with Crippen LogP contribution in [0.15, 0.2) is 0 Å². The maximum Gasteiger partial charge on any atom is 0.0789 e. The highest BCUT2D eigenvalue weighted by Gasteiger charge is 2.35. The predicted octanol–water partition coefficient (Wildman–Crippen LogP) is 0.570. The van der Waals surface area contributed by atoms with E-state index in [0.717, 1.165) is 25.0 Å². The van der Waals surface area contributed by atoms with Gasteiger partial charge >= 0.3 is 0 Å². The third kappa shape index (κ3) is 2.10. The summed E-state index contributed by atoms with van der Waals surface area (Å²) in [5.41, 5.74) is 5.45. The number of aliphatic hydroxyl groups excluding tert-OH is 1. The van der Waals surface area contributed by atoms with E-state index in [0.29, 0.717) is 6.54 Å². The zero-order valence-corrected chi connectivity index (χ0v) is 8.86. The van der Waals surface area contributed by atoms with Crippen LogP contribution >= 0.6 is 0 Å². The Morgan fingerprint density at radius 3 is 2.86 bits per heavy atom. The molecular weight excluding hydrogens is 176 g/mol. The quantitative estimate of drug-likeness (QED) is 0.697. The molecule has 0 bridgehead atoms. The highest BCUT2D eigenvalue weighted by atomic mass is 16.3. The first kappa shape index (κ1) is 10.4. The molecule has 1 saturated carbocycles. The number of fused-ring (bicyclic) bond motifs is 1. The Kier molecular flexibility index (Phi) is 3.42. The summed E-state index contributed by atoms with van der Waals surface area (Å²) in [5, 5.41) is 9.56. The average molecular weight is 198 g/mol. The molecule has 0 radical (unpaired) electrons. The van der Waals surface area contributed by atoms with Crippen LogP contribution in [-0.2, 0) is 0 Å². The van der Waals surface area contributed by atoms with E-state index in [9.17, 15) is 5.11 Å². The van der Waals surface area contributed by atoms with Crippen molar-refractivity contribution in [2.45, 2.75) is 44.2 Å². The summed E-state index contributed by atoms with van der Waals surface area (Å²) in [6.07, 6.45) is 6.50. The summed E-state index contributed by atoms with van der Waals surface area (Å²) in [4.78, 5) is 2.47. The molecule has 82 valence electrons. The maximum absolute atomic E-state index is 9.56. The van der Waals surface area contributed by atoms with E-state index in [-0.39, 0.29) is 6.10 Å². The highest BCUT2D eigenvalue weighted by Crippen LogP contribution is 2.36. The fourth-order valence-electron chi connectivity index (χ4n) is 3.13. The molecule has 0 aromatic carbocycles. The lowest BCUT2D eigenvalue weighted by Gasteiger charge is -2.38. The number of aliphatic hydroxyl groups is 1. The van der Waals surface area contributed by atoms with Crippen LogP contribution in [0.5, 0.6) is 0 Å². The van der Waals surface area contributed by atoms with E-state index in [1.54, 1.807) is 0 Å². The largest absolute Gasteiger partial charge is 0.390 e. The molecule has 3 atom stereocenters. The molecule has 1 aliphatic carbocycles. The van der Waals surface area contributed by atoms with Crippen LogP contribution in [-0.4, -0.2) is 41.8 Å². The SMILES string of the molecule is NCC(O)CN1CCCC2CCCC21. The third-order valence-corrected chi connectivity index (χ3v) is 3.83. The van der Waals surface area contributed by atoms with Gasteiger partial charge in [0.05, 0.1) is 6.10 Å². The van der Waals surface area contributed by atoms with Crippen LogP contribution in [0.2, 0.25) is 0 Å². The van der Waals surface area contributed by atoms with Gasteiger partial charge in [0, 0.05) is 19.1 Å². The van der Waals surface area contributed by atoms with Gasteiger partial charge in [0.15, 0.2) is 0 Å². The molecule has 3 N–H and O–H groups in total. The zero-order valence-electron chi connectivity index (χ0n) is 8.86. The molecule has 0 aromatic heterocycles. The number of nitrogens with zero attached hydrogens (tertiary/aromatic N) is 1. The number of likely N-dealkylation sites (tertiary alicyclic amines) is 1. The van der Waals surface area contributed by atoms with Crippen LogP contribution < -0.4 is 5.73 Å². The van der Waals surface area contributed by atoms with Gasteiger partial charge in [-0.05, 0) is 38.1 Å². The van der Waals surface area contributed by atoms with Crippen molar-refractivity contribution in [3.63, 3.8) is 0 Å². The van der Waals surface area contributed by atoms with E-state index in [1.807, 2.05) is 0 Å². The fourth-order valence-corrected chi connectivity index (χ4v) is 3.13. The number of β-amino-alcohol motifs (C(OH)–C–C–N with tert-alkyl or cyclic N) is 1. The third-order valence-electron chi connectivity index (χ3n) is 3.83. The molecule has 0 spiro atoms. The summed E-state index contributed by atoms with van der Waals surface area (Å²) in [7, 11) is 0. The second kappa shape index (κ2) is 4.60. The summed E-state index contributed by atoms with van der Waals surface area (Å²) < 4.78 is 0. The lowest BCUT2D eigenvalue weighted by molar-refractivity contribution is 0.0546. The molecule has 2 aliphatic rings. The summed E-state index contributed by atoms with van der Waals surface area (Å²) in [5.74, 6) is 0.911. The minimum Gasteiger partial charge on any atom is -0.390 e. The van der Waals surface area contributed by atoms with Gasteiger partial charge in [-0.15, -0.1) is 0 Å². The number of nitrogens with two attached hydrogens (primary N) is 1. The summed E-state index contributed by atoms with van der Waals surface area (Å²) >= 11 is 0. The van der Waals surface area contributed by atoms with Crippen molar-refractivity contribution < 1.29 is 5.11 Å². The number of piperidine rings is 1. The average Bonchev–Trinajstić information content (AvgIpc) is 2.66. The minimum atomic E-state index is -0.325. The topological polar surface area (TPSA) is 49.5 Å². The smallest absolute Gasteiger partial charge is 0.0789 e. The van der Waals surface area contributed by atoms with Crippen molar-refractivity contribution in [2.75, 3.05) is 19.6 Å². The van der Waals surface area contributed by atoms with Crippen LogP contribution in [0, 0.1) is 5.92 Å².